The van der Waals surface area contributed by atoms with E-state index >= 15 is 0 Å². The first-order chi connectivity index (χ1) is 34.4. The Bertz CT molecular complexity index is 2670. The first-order valence-corrected chi connectivity index (χ1v) is 26.7. The van der Waals surface area contributed by atoms with Crippen molar-refractivity contribution in [2.45, 2.75) is 63.7 Å². The maximum absolute atomic E-state index is 14.3. The molecule has 0 bridgehead atoms. The Morgan fingerprint density at radius 1 is 0.789 bits per heavy atom. The number of nitrogens with zero attached hydrogens (tertiary/aromatic N) is 3. The van der Waals surface area contributed by atoms with Gasteiger partial charge in [-0.25, -0.2) is 0 Å². The first-order valence-electron chi connectivity index (χ1n) is 24.1. The third kappa shape index (κ3) is 12.0. The quantitative estimate of drug-likeness (QED) is 0.0449. The second-order valence-corrected chi connectivity index (χ2v) is 21.6. The van der Waals surface area contributed by atoms with E-state index < -0.39 is 0 Å². The van der Waals surface area contributed by atoms with Crippen LogP contribution in [0.15, 0.2) is 91.0 Å². The molecule has 378 valence electrons. The Balaban J connectivity index is 1.08. The van der Waals surface area contributed by atoms with Crippen molar-refractivity contribution in [1.29, 1.82) is 0 Å². The van der Waals surface area contributed by atoms with Crippen LogP contribution < -0.4 is 44.3 Å². The van der Waals surface area contributed by atoms with Crippen LogP contribution in [0.4, 0.5) is 28.4 Å². The number of hydrogen-bond donors (Lipinski definition) is 2. The lowest BCUT2D eigenvalue weighted by Crippen LogP contribution is -2.39. The number of ether oxygens (including phenoxy) is 7. The van der Waals surface area contributed by atoms with E-state index in [9.17, 15) is 9.59 Å². The molecule has 2 amide bonds. The van der Waals surface area contributed by atoms with E-state index in [4.69, 9.17) is 33.2 Å². The van der Waals surface area contributed by atoms with E-state index in [-0.39, 0.29) is 41.9 Å². The minimum absolute atomic E-state index is 0.00327. The second kappa shape index (κ2) is 23.6. The minimum Gasteiger partial charge on any atom is -0.493 e. The Morgan fingerprint density at radius 2 is 1.42 bits per heavy atom. The third-order valence-electron chi connectivity index (χ3n) is 13.0. The number of carbonyl (C=O) groups is 2. The molecular formula is C55H67N5O9S2. The summed E-state index contributed by atoms with van der Waals surface area (Å²) < 4.78 is 41.9. The van der Waals surface area contributed by atoms with Crippen LogP contribution in [0.25, 0.3) is 0 Å². The molecule has 71 heavy (non-hydrogen) atoms. The highest BCUT2D eigenvalue weighted by molar-refractivity contribution is 8.77. The number of para-hydroxylation sites is 2. The molecule has 16 heteroatoms. The summed E-state index contributed by atoms with van der Waals surface area (Å²) in [5.41, 5.74) is 9.32. The number of benzene rings is 5. The molecule has 0 saturated heterocycles. The van der Waals surface area contributed by atoms with Crippen molar-refractivity contribution in [3.63, 3.8) is 0 Å². The first kappa shape index (κ1) is 51.6. The highest BCUT2D eigenvalue weighted by Gasteiger charge is 2.38. The molecule has 3 aliphatic heterocycles. The van der Waals surface area contributed by atoms with Gasteiger partial charge in [0.25, 0.3) is 11.8 Å². The largest absolute Gasteiger partial charge is 0.493 e. The van der Waals surface area contributed by atoms with Crippen LogP contribution >= 0.6 is 21.6 Å². The molecule has 1 unspecified atom stereocenters. The molecule has 5 aromatic carbocycles. The maximum atomic E-state index is 14.3. The van der Waals surface area contributed by atoms with Crippen molar-refractivity contribution in [3.8, 4) is 23.0 Å². The summed E-state index contributed by atoms with van der Waals surface area (Å²) in [5, 5.41) is 6.80. The van der Waals surface area contributed by atoms with Gasteiger partial charge in [-0.1, -0.05) is 58.0 Å². The average Bonchev–Trinajstić information content (AvgIpc) is 3.88. The molecule has 0 aliphatic carbocycles. The average molecular weight is 1010 g/mol. The van der Waals surface area contributed by atoms with Crippen molar-refractivity contribution in [2.24, 2.45) is 0 Å². The van der Waals surface area contributed by atoms with Gasteiger partial charge >= 0.3 is 0 Å². The molecule has 3 heterocycles. The summed E-state index contributed by atoms with van der Waals surface area (Å²) in [6.07, 6.45) is 3.68. The van der Waals surface area contributed by atoms with Crippen molar-refractivity contribution in [1.82, 2.24) is 0 Å². The predicted molar refractivity (Wildman–Crippen MR) is 287 cm³/mol. The van der Waals surface area contributed by atoms with Crippen LogP contribution in [0.1, 0.15) is 63.7 Å². The molecule has 5 aromatic rings. The van der Waals surface area contributed by atoms with Crippen molar-refractivity contribution in [2.75, 3.05) is 113 Å². The van der Waals surface area contributed by atoms with Gasteiger partial charge in [-0.05, 0) is 105 Å². The van der Waals surface area contributed by atoms with Crippen LogP contribution in [0.5, 0.6) is 23.0 Å². The molecule has 14 nitrogen and oxygen atoms in total. The van der Waals surface area contributed by atoms with Gasteiger partial charge in [0.1, 0.15) is 13.2 Å². The summed E-state index contributed by atoms with van der Waals surface area (Å²) in [4.78, 5) is 34.6. The molecule has 0 fully saturated rings. The van der Waals surface area contributed by atoms with E-state index in [2.05, 4.69) is 72.9 Å². The Hall–Kier alpha value is -5.78. The van der Waals surface area contributed by atoms with Gasteiger partial charge in [-0.15, -0.1) is 0 Å². The van der Waals surface area contributed by atoms with Gasteiger partial charge in [-0.3, -0.25) is 9.59 Å². The van der Waals surface area contributed by atoms with Gasteiger partial charge in [-0.2, -0.15) is 0 Å². The fourth-order valence-corrected chi connectivity index (χ4v) is 11.9. The van der Waals surface area contributed by atoms with Gasteiger partial charge in [0.05, 0.1) is 75.8 Å². The van der Waals surface area contributed by atoms with Crippen molar-refractivity contribution >= 4 is 61.8 Å². The standard InChI is InChI=1S/C55H67N5O9S2/c1-36-23-39-13-9-11-15-47(39)59(36)53(61)43-28-49(64-6)51(30-45(43)56-4)68-33-37-24-38(26-41(25-37)58(35-55(2,3)71-70-8)17-18-66-21-22-67-20-19-63-5)34-69-52-31-46-44(29-50(52)65-7)54(62)60-42(32-57-46)27-40-14-10-12-16-48(40)60/h9-16,24-26,28-31,36,42,56-57H,17-23,27,32-35H2,1-8H3/t36-,42?/m1/s1. The third-order valence-corrected chi connectivity index (χ3v) is 15.6. The molecule has 0 saturated carbocycles. The maximum Gasteiger partial charge on any atom is 0.260 e. The fraction of sp³-hybridized carbons (Fsp3) is 0.418. The lowest BCUT2D eigenvalue weighted by molar-refractivity contribution is 0.0264. The SMILES string of the molecule is CNc1cc(OCc2cc(COc3cc4c(cc3OC)C(=O)N3c5ccccc5CC3CN4)cc(N(CCOCCOCCOC)CC(C)(C)SSC)c2)c(OC)cc1C(=O)N1c2ccccc2C[C@H]1C. The summed E-state index contributed by atoms with van der Waals surface area (Å²) in [7, 11) is 10.2. The Morgan fingerprint density at radius 3 is 2.10 bits per heavy atom. The Labute approximate surface area is 426 Å². The summed E-state index contributed by atoms with van der Waals surface area (Å²) >= 11 is 0. The lowest BCUT2D eigenvalue weighted by atomic mass is 10.1. The molecular weight excluding hydrogens is 939 g/mol. The normalized spacial score (nSPS) is 15.8. The molecule has 0 spiro atoms. The van der Waals surface area contributed by atoms with E-state index in [1.165, 1.54) is 5.56 Å². The molecule has 3 aliphatic rings. The zero-order valence-corrected chi connectivity index (χ0v) is 43.8. The number of nitrogens with one attached hydrogen (secondary N) is 2. The summed E-state index contributed by atoms with van der Waals surface area (Å²) in [5.74, 6) is 1.72. The number of amides is 2. The number of methoxy groups -OCH3 is 3. The van der Waals surface area contributed by atoms with Crippen molar-refractivity contribution < 1.29 is 42.7 Å². The lowest BCUT2D eigenvalue weighted by Gasteiger charge is -2.34. The van der Waals surface area contributed by atoms with Gasteiger partial charge in [0.2, 0.25) is 0 Å². The number of anilines is 5. The van der Waals surface area contributed by atoms with E-state index in [1.54, 1.807) is 51.3 Å². The molecule has 2 atom stereocenters. The molecule has 2 N–H and O–H groups in total. The smallest absolute Gasteiger partial charge is 0.260 e. The predicted octanol–water partition coefficient (Wildman–Crippen LogP) is 9.77. The zero-order valence-electron chi connectivity index (χ0n) is 42.1. The second-order valence-electron chi connectivity index (χ2n) is 18.5. The van der Waals surface area contributed by atoms with Crippen LogP contribution in [0, 0.1) is 0 Å². The molecule has 8 rings (SSSR count). The van der Waals surface area contributed by atoms with E-state index in [0.717, 1.165) is 53.1 Å². The van der Waals surface area contributed by atoms with Crippen LogP contribution in [0.3, 0.4) is 0 Å². The van der Waals surface area contributed by atoms with Crippen LogP contribution in [0.2, 0.25) is 0 Å². The van der Waals surface area contributed by atoms with Gasteiger partial charge in [0.15, 0.2) is 23.0 Å². The number of carbonyl (C=O) groups excluding carboxylic acids is 2. The van der Waals surface area contributed by atoms with E-state index in [1.807, 2.05) is 69.1 Å². The Kier molecular flexibility index (Phi) is 17.2. The number of rotatable bonds is 24. The van der Waals surface area contributed by atoms with Crippen molar-refractivity contribution in [3.05, 3.63) is 124 Å². The fourth-order valence-electron chi connectivity index (χ4n) is 9.70. The number of hydrogen-bond acceptors (Lipinski definition) is 14. The van der Waals surface area contributed by atoms with Gasteiger partial charge in [0, 0.05) is 73.8 Å². The monoisotopic (exact) mass is 1010 g/mol. The highest BCUT2D eigenvalue weighted by atomic mass is 33.1. The van der Waals surface area contributed by atoms with Crippen LogP contribution in [-0.4, -0.2) is 116 Å². The minimum atomic E-state index is -0.117. The number of fused-ring (bicyclic) bond motifs is 5. The summed E-state index contributed by atoms with van der Waals surface area (Å²) in [6, 6.07) is 29.8. The highest BCUT2D eigenvalue weighted by Crippen LogP contribution is 2.42. The molecule has 0 aromatic heterocycles. The van der Waals surface area contributed by atoms with Crippen LogP contribution in [-0.2, 0) is 40.3 Å². The summed E-state index contributed by atoms with van der Waals surface area (Å²) in [6.45, 7) is 11.4. The topological polar surface area (TPSA) is 133 Å². The zero-order chi connectivity index (χ0) is 50.1. The van der Waals surface area contributed by atoms with E-state index in [0.29, 0.717) is 91.6 Å². The van der Waals surface area contributed by atoms with Gasteiger partial charge < -0.3 is 58.5 Å². The molecule has 0 radical (unpaired) electrons.